The first-order valence-electron chi connectivity index (χ1n) is 13.3. The zero-order valence-corrected chi connectivity index (χ0v) is 22.3. The summed E-state index contributed by atoms with van der Waals surface area (Å²) in [6.07, 6.45) is 1.87. The van der Waals surface area contributed by atoms with Crippen LogP contribution in [0.15, 0.2) is 91.1 Å². The highest BCUT2D eigenvalue weighted by atomic mass is 19.4. The molecule has 1 N–H and O–H groups in total. The van der Waals surface area contributed by atoms with Crippen molar-refractivity contribution in [2.24, 2.45) is 0 Å². The lowest BCUT2D eigenvalue weighted by molar-refractivity contribution is -0.138. The van der Waals surface area contributed by atoms with Gasteiger partial charge in [0.15, 0.2) is 0 Å². The van der Waals surface area contributed by atoms with Crippen LogP contribution in [0.3, 0.4) is 0 Å². The molecular weight excluding hydrogens is 515 g/mol. The van der Waals surface area contributed by atoms with Crippen molar-refractivity contribution in [1.29, 1.82) is 0 Å². The van der Waals surface area contributed by atoms with Gasteiger partial charge in [-0.3, -0.25) is 9.59 Å². The van der Waals surface area contributed by atoms with Crippen LogP contribution in [0, 0.1) is 0 Å². The number of aromatic nitrogens is 1. The van der Waals surface area contributed by atoms with Crippen molar-refractivity contribution in [3.8, 4) is 0 Å². The number of benzene rings is 3. The molecule has 0 aliphatic heterocycles. The van der Waals surface area contributed by atoms with Crippen LogP contribution in [0.4, 0.5) is 13.2 Å². The molecule has 0 aliphatic rings. The lowest BCUT2D eigenvalue weighted by Crippen LogP contribution is -2.43. The monoisotopic (exact) mass is 547 g/mol. The molecule has 0 atom stereocenters. The third kappa shape index (κ3) is 7.62. The molecule has 1 heterocycles. The highest BCUT2D eigenvalue weighted by molar-refractivity contribution is 5.94. The van der Waals surface area contributed by atoms with Gasteiger partial charge in [-0.15, -0.1) is 0 Å². The van der Waals surface area contributed by atoms with Gasteiger partial charge in [-0.25, -0.2) is 0 Å². The van der Waals surface area contributed by atoms with E-state index in [1.165, 1.54) is 23.1 Å². The van der Waals surface area contributed by atoms with Gasteiger partial charge in [-0.2, -0.15) is 13.2 Å². The standard InChI is InChI=1S/C32H32F3N3O2/c1-2-19-37(30(39)17-14-24-8-4-3-5-9-24)23-31(40)38(22-25-12-15-27(16-13-25)32(33,34)35)20-18-26-21-36-29-11-7-6-10-28(26)29/h3-17,21,36H,2,18-20,22-23H2,1H3/b17-14+. The lowest BCUT2D eigenvalue weighted by atomic mass is 10.1. The van der Waals surface area contributed by atoms with Crippen LogP contribution >= 0.6 is 0 Å². The highest BCUT2D eigenvalue weighted by Crippen LogP contribution is 2.29. The molecule has 0 unspecified atom stereocenters. The van der Waals surface area contributed by atoms with E-state index in [1.54, 1.807) is 11.0 Å². The third-order valence-electron chi connectivity index (χ3n) is 6.68. The molecule has 2 amide bonds. The molecule has 0 bridgehead atoms. The van der Waals surface area contributed by atoms with E-state index in [0.29, 0.717) is 31.5 Å². The topological polar surface area (TPSA) is 56.4 Å². The van der Waals surface area contributed by atoms with Crippen molar-refractivity contribution in [1.82, 2.24) is 14.8 Å². The third-order valence-corrected chi connectivity index (χ3v) is 6.68. The first kappa shape index (κ1) is 28.7. The largest absolute Gasteiger partial charge is 0.416 e. The molecule has 0 saturated carbocycles. The number of nitrogens with one attached hydrogen (secondary N) is 1. The second-order valence-electron chi connectivity index (χ2n) is 9.62. The molecule has 40 heavy (non-hydrogen) atoms. The zero-order valence-electron chi connectivity index (χ0n) is 22.3. The maximum atomic E-state index is 13.6. The molecule has 4 aromatic rings. The van der Waals surface area contributed by atoms with Gasteiger partial charge in [-0.1, -0.05) is 67.6 Å². The van der Waals surface area contributed by atoms with Crippen molar-refractivity contribution in [3.63, 3.8) is 0 Å². The Balaban J connectivity index is 1.52. The van der Waals surface area contributed by atoms with E-state index < -0.39 is 11.7 Å². The predicted octanol–water partition coefficient (Wildman–Crippen LogP) is 6.71. The number of aromatic amines is 1. The number of halogens is 3. The quantitative estimate of drug-likeness (QED) is 0.212. The van der Waals surface area contributed by atoms with E-state index in [1.807, 2.05) is 67.7 Å². The predicted molar refractivity (Wildman–Crippen MR) is 151 cm³/mol. The van der Waals surface area contributed by atoms with Crippen molar-refractivity contribution in [2.75, 3.05) is 19.6 Å². The number of nitrogens with zero attached hydrogens (tertiary/aromatic N) is 2. The summed E-state index contributed by atoms with van der Waals surface area (Å²) in [5, 5.41) is 1.05. The van der Waals surface area contributed by atoms with E-state index in [0.717, 1.165) is 34.2 Å². The van der Waals surface area contributed by atoms with E-state index >= 15 is 0 Å². The van der Waals surface area contributed by atoms with Crippen LogP contribution in [0.2, 0.25) is 0 Å². The maximum Gasteiger partial charge on any atom is 0.416 e. The second kappa shape index (κ2) is 13.2. The lowest BCUT2D eigenvalue weighted by Gasteiger charge is -2.27. The molecule has 1 aromatic heterocycles. The van der Waals surface area contributed by atoms with E-state index in [2.05, 4.69) is 4.98 Å². The Morgan fingerprint density at radius 3 is 2.27 bits per heavy atom. The molecular formula is C32H32F3N3O2. The number of para-hydroxylation sites is 1. The SMILES string of the molecule is CCCN(CC(=O)N(CCc1c[nH]c2ccccc12)Cc1ccc(C(F)(F)F)cc1)C(=O)/C=C/c1ccccc1. The minimum atomic E-state index is -4.43. The average molecular weight is 548 g/mol. The summed E-state index contributed by atoms with van der Waals surface area (Å²) in [5.74, 6) is -0.542. The maximum absolute atomic E-state index is 13.6. The number of rotatable bonds is 11. The van der Waals surface area contributed by atoms with Crippen LogP contribution in [0.1, 0.15) is 35.6 Å². The Morgan fingerprint density at radius 2 is 1.57 bits per heavy atom. The van der Waals surface area contributed by atoms with Gasteiger partial charge < -0.3 is 14.8 Å². The normalized spacial score (nSPS) is 11.7. The summed E-state index contributed by atoms with van der Waals surface area (Å²) in [4.78, 5) is 32.9. The zero-order chi connectivity index (χ0) is 28.5. The minimum Gasteiger partial charge on any atom is -0.361 e. The fourth-order valence-corrected chi connectivity index (χ4v) is 4.54. The van der Waals surface area contributed by atoms with E-state index in [4.69, 9.17) is 0 Å². The van der Waals surface area contributed by atoms with Crippen molar-refractivity contribution >= 4 is 28.8 Å². The molecule has 4 rings (SSSR count). The van der Waals surface area contributed by atoms with Crippen molar-refractivity contribution in [3.05, 3.63) is 113 Å². The minimum absolute atomic E-state index is 0.125. The molecule has 3 aromatic carbocycles. The first-order chi connectivity index (χ1) is 19.2. The molecule has 8 heteroatoms. The number of alkyl halides is 3. The average Bonchev–Trinajstić information content (AvgIpc) is 3.37. The number of amides is 2. The Morgan fingerprint density at radius 1 is 0.875 bits per heavy atom. The van der Waals surface area contributed by atoms with Crippen LogP contribution in [0.25, 0.3) is 17.0 Å². The molecule has 0 saturated heterocycles. The summed E-state index contributed by atoms with van der Waals surface area (Å²) in [5.41, 5.74) is 2.74. The Labute approximate surface area is 231 Å². The molecule has 0 aliphatic carbocycles. The van der Waals surface area contributed by atoms with E-state index in [9.17, 15) is 22.8 Å². The fourth-order valence-electron chi connectivity index (χ4n) is 4.54. The summed E-state index contributed by atoms with van der Waals surface area (Å²) in [7, 11) is 0. The highest BCUT2D eigenvalue weighted by Gasteiger charge is 2.30. The van der Waals surface area contributed by atoms with Crippen LogP contribution in [0.5, 0.6) is 0 Å². The molecule has 208 valence electrons. The van der Waals surface area contributed by atoms with E-state index in [-0.39, 0.29) is 24.9 Å². The number of H-pyrrole nitrogens is 1. The molecule has 0 radical (unpaired) electrons. The van der Waals surface area contributed by atoms with Crippen molar-refractivity contribution in [2.45, 2.75) is 32.5 Å². The number of carbonyl (C=O) groups excluding carboxylic acids is 2. The molecule has 0 fully saturated rings. The Bertz CT molecular complexity index is 1440. The number of hydrogen-bond donors (Lipinski definition) is 1. The summed E-state index contributed by atoms with van der Waals surface area (Å²) < 4.78 is 39.2. The molecule has 5 nitrogen and oxygen atoms in total. The van der Waals surface area contributed by atoms with Gasteiger partial charge >= 0.3 is 6.18 Å². The Hall–Kier alpha value is -4.33. The van der Waals surface area contributed by atoms with Crippen LogP contribution in [-0.2, 0) is 28.7 Å². The van der Waals surface area contributed by atoms with Gasteiger partial charge in [0.05, 0.1) is 5.56 Å². The van der Waals surface area contributed by atoms with Crippen LogP contribution in [-0.4, -0.2) is 46.2 Å². The van der Waals surface area contributed by atoms with Gasteiger partial charge in [0.1, 0.15) is 6.54 Å². The summed E-state index contributed by atoms with van der Waals surface area (Å²) in [6.45, 7) is 2.69. The number of hydrogen-bond acceptors (Lipinski definition) is 2. The summed E-state index contributed by atoms with van der Waals surface area (Å²) >= 11 is 0. The smallest absolute Gasteiger partial charge is 0.361 e. The van der Waals surface area contributed by atoms with Crippen LogP contribution < -0.4 is 0 Å². The van der Waals surface area contributed by atoms with Gasteiger partial charge in [0.25, 0.3) is 0 Å². The van der Waals surface area contributed by atoms with Gasteiger partial charge in [-0.05, 0) is 53.8 Å². The second-order valence-corrected chi connectivity index (χ2v) is 9.62. The number of fused-ring (bicyclic) bond motifs is 1. The van der Waals surface area contributed by atoms with Gasteiger partial charge in [0, 0.05) is 42.8 Å². The first-order valence-corrected chi connectivity index (χ1v) is 13.3. The Kier molecular flexibility index (Phi) is 9.43. The number of carbonyl (C=O) groups is 2. The fraction of sp³-hybridized carbons (Fsp3) is 0.250. The van der Waals surface area contributed by atoms with Crippen molar-refractivity contribution < 1.29 is 22.8 Å². The van der Waals surface area contributed by atoms with Gasteiger partial charge in [0.2, 0.25) is 11.8 Å². The molecule has 0 spiro atoms. The summed E-state index contributed by atoms with van der Waals surface area (Å²) in [6, 6.07) is 22.1.